The van der Waals surface area contributed by atoms with Crippen LogP contribution in [-0.4, -0.2) is 52.2 Å². The van der Waals surface area contributed by atoms with Crippen LogP contribution in [0.5, 0.6) is 0 Å². The van der Waals surface area contributed by atoms with E-state index in [2.05, 4.69) is 0 Å². The summed E-state index contributed by atoms with van der Waals surface area (Å²) in [6.07, 6.45) is -1.49. The number of hydrogen-bond donors (Lipinski definition) is 3. The summed E-state index contributed by atoms with van der Waals surface area (Å²) in [7, 11) is 0. The Kier molecular flexibility index (Phi) is 3.03. The molecule has 0 spiro atoms. The van der Waals surface area contributed by atoms with Crippen molar-refractivity contribution in [3.63, 3.8) is 0 Å². The predicted octanol–water partition coefficient (Wildman–Crippen LogP) is -1.63. The molecule has 0 aromatic carbocycles. The van der Waals surface area contributed by atoms with Gasteiger partial charge in [-0.2, -0.15) is 0 Å². The maximum atomic E-state index is 11.1. The maximum absolute atomic E-state index is 11.1. The van der Waals surface area contributed by atoms with E-state index in [0.29, 0.717) is 0 Å². The molecule has 3 amide bonds. The lowest BCUT2D eigenvalue weighted by atomic mass is 10.2. The molecule has 0 saturated carbocycles. The monoisotopic (exact) mass is 202 g/mol. The highest BCUT2D eigenvalue weighted by molar-refractivity contribution is 5.96. The number of carbonyl (C=O) groups is 3. The molecule has 1 heterocycles. The molecule has 1 aliphatic heterocycles. The number of hydrogen-bond acceptors (Lipinski definition) is 4. The molecule has 0 bridgehead atoms. The lowest BCUT2D eigenvalue weighted by Gasteiger charge is -2.27. The van der Waals surface area contributed by atoms with E-state index in [-0.39, 0.29) is 19.5 Å². The minimum atomic E-state index is -1.62. The van der Waals surface area contributed by atoms with E-state index >= 15 is 0 Å². The van der Waals surface area contributed by atoms with Gasteiger partial charge in [-0.05, 0) is 0 Å². The lowest BCUT2D eigenvalue weighted by Crippen LogP contribution is -2.52. The summed E-state index contributed by atoms with van der Waals surface area (Å²) < 4.78 is 0. The zero-order valence-electron chi connectivity index (χ0n) is 7.27. The van der Waals surface area contributed by atoms with Gasteiger partial charge in [-0.3, -0.25) is 10.1 Å². The van der Waals surface area contributed by atoms with Crippen LogP contribution in [0.1, 0.15) is 6.42 Å². The first kappa shape index (κ1) is 10.5. The number of imide groups is 1. The van der Waals surface area contributed by atoms with E-state index in [1.807, 2.05) is 5.32 Å². The van der Waals surface area contributed by atoms with Gasteiger partial charge in [-0.15, -0.1) is 0 Å². The zero-order chi connectivity index (χ0) is 10.7. The number of aliphatic carboxylic acids is 1. The fraction of sp³-hybridized carbons (Fsp3) is 0.571. The first-order valence-corrected chi connectivity index (χ1v) is 4.00. The summed E-state index contributed by atoms with van der Waals surface area (Å²) >= 11 is 0. The number of amides is 3. The Morgan fingerprint density at radius 3 is 2.71 bits per heavy atom. The summed E-state index contributed by atoms with van der Waals surface area (Å²) in [5, 5.41) is 19.3. The maximum Gasteiger partial charge on any atom is 0.334 e. The van der Waals surface area contributed by atoms with Gasteiger partial charge in [-0.1, -0.05) is 0 Å². The van der Waals surface area contributed by atoms with E-state index < -0.39 is 24.0 Å². The Bertz CT molecular complexity index is 277. The number of β-amino-alcohol motifs (C(OH)–C–C–N with tert-alkyl or cyclic N) is 1. The fourth-order valence-electron chi connectivity index (χ4n) is 1.06. The average molecular weight is 202 g/mol. The zero-order valence-corrected chi connectivity index (χ0v) is 7.27. The Morgan fingerprint density at radius 2 is 2.21 bits per heavy atom. The summed E-state index contributed by atoms with van der Waals surface area (Å²) in [5.74, 6) is -1.79. The van der Waals surface area contributed by atoms with E-state index in [4.69, 9.17) is 10.2 Å². The molecule has 0 radical (unpaired) electrons. The number of urea groups is 1. The third kappa shape index (κ3) is 2.43. The van der Waals surface area contributed by atoms with Crippen LogP contribution in [0.3, 0.4) is 0 Å². The quantitative estimate of drug-likeness (QED) is 0.509. The minimum absolute atomic E-state index is 0.123. The van der Waals surface area contributed by atoms with Gasteiger partial charge in [0, 0.05) is 13.0 Å². The standard InChI is InChI=1S/C7H10N2O5/c10-4(6(12)13)3-9-2-1-5(11)8-7(9)14/h4,10H,1-3H2,(H,12,13)(H,8,11,14). The fourth-order valence-corrected chi connectivity index (χ4v) is 1.06. The molecule has 14 heavy (non-hydrogen) atoms. The van der Waals surface area contributed by atoms with Gasteiger partial charge < -0.3 is 15.1 Å². The second kappa shape index (κ2) is 4.05. The van der Waals surface area contributed by atoms with Crippen molar-refractivity contribution >= 4 is 17.9 Å². The van der Waals surface area contributed by atoms with Crippen molar-refractivity contribution in [2.45, 2.75) is 12.5 Å². The molecule has 0 aliphatic carbocycles. The van der Waals surface area contributed by atoms with Crippen LogP contribution in [0.15, 0.2) is 0 Å². The number of aliphatic hydroxyl groups is 1. The van der Waals surface area contributed by atoms with E-state index in [0.717, 1.165) is 4.90 Å². The molecule has 7 nitrogen and oxygen atoms in total. The summed E-state index contributed by atoms with van der Waals surface area (Å²) in [6.45, 7) is -0.177. The van der Waals surface area contributed by atoms with Crippen LogP contribution in [0.25, 0.3) is 0 Å². The van der Waals surface area contributed by atoms with E-state index in [9.17, 15) is 14.4 Å². The van der Waals surface area contributed by atoms with Gasteiger partial charge in [0.25, 0.3) is 0 Å². The van der Waals surface area contributed by atoms with Crippen LogP contribution >= 0.6 is 0 Å². The van der Waals surface area contributed by atoms with E-state index in [1.165, 1.54) is 0 Å². The van der Waals surface area contributed by atoms with Crippen molar-refractivity contribution in [3.8, 4) is 0 Å². The number of aliphatic hydroxyl groups excluding tert-OH is 1. The van der Waals surface area contributed by atoms with Crippen molar-refractivity contribution in [1.29, 1.82) is 0 Å². The first-order valence-electron chi connectivity index (χ1n) is 4.00. The smallest absolute Gasteiger partial charge is 0.334 e. The molecule has 3 N–H and O–H groups in total. The predicted molar refractivity (Wildman–Crippen MR) is 43.4 cm³/mol. The largest absolute Gasteiger partial charge is 0.479 e. The topological polar surface area (TPSA) is 107 Å². The van der Waals surface area contributed by atoms with Crippen molar-refractivity contribution < 1.29 is 24.6 Å². The van der Waals surface area contributed by atoms with Gasteiger partial charge >= 0.3 is 12.0 Å². The molecular weight excluding hydrogens is 192 g/mol. The molecule has 78 valence electrons. The van der Waals surface area contributed by atoms with Gasteiger partial charge in [0.1, 0.15) is 0 Å². The van der Waals surface area contributed by atoms with Crippen LogP contribution in [0.4, 0.5) is 4.79 Å². The second-order valence-corrected chi connectivity index (χ2v) is 2.90. The molecular formula is C7H10N2O5. The Balaban J connectivity index is 2.49. The highest BCUT2D eigenvalue weighted by Gasteiger charge is 2.26. The third-order valence-electron chi connectivity index (χ3n) is 1.82. The molecule has 1 rings (SSSR count). The Labute approximate surface area is 79.3 Å². The highest BCUT2D eigenvalue weighted by Crippen LogP contribution is 2.01. The normalized spacial score (nSPS) is 19.1. The number of carboxylic acids is 1. The second-order valence-electron chi connectivity index (χ2n) is 2.90. The van der Waals surface area contributed by atoms with Crippen molar-refractivity contribution in [2.75, 3.05) is 13.1 Å². The first-order chi connectivity index (χ1) is 6.50. The lowest BCUT2D eigenvalue weighted by molar-refractivity contribution is -0.147. The molecule has 1 atom stereocenters. The number of nitrogens with zero attached hydrogens (tertiary/aromatic N) is 1. The molecule has 1 aliphatic rings. The van der Waals surface area contributed by atoms with E-state index in [1.54, 1.807) is 0 Å². The molecule has 1 saturated heterocycles. The molecule has 1 fully saturated rings. The van der Waals surface area contributed by atoms with Gasteiger partial charge in [-0.25, -0.2) is 9.59 Å². The van der Waals surface area contributed by atoms with Crippen molar-refractivity contribution in [3.05, 3.63) is 0 Å². The average Bonchev–Trinajstić information content (AvgIpc) is 2.09. The number of rotatable bonds is 3. The summed E-state index contributed by atoms with van der Waals surface area (Å²) in [5.41, 5.74) is 0. The van der Waals surface area contributed by atoms with Crippen LogP contribution in [0, 0.1) is 0 Å². The van der Waals surface area contributed by atoms with Gasteiger partial charge in [0.15, 0.2) is 6.10 Å². The Hall–Kier alpha value is -1.63. The number of nitrogens with one attached hydrogen (secondary N) is 1. The van der Waals surface area contributed by atoms with Crippen LogP contribution in [-0.2, 0) is 9.59 Å². The number of carboxylic acid groups (broad SMARTS) is 1. The molecule has 0 aromatic rings. The van der Waals surface area contributed by atoms with Crippen LogP contribution < -0.4 is 5.32 Å². The minimum Gasteiger partial charge on any atom is -0.479 e. The van der Waals surface area contributed by atoms with Crippen molar-refractivity contribution in [1.82, 2.24) is 10.2 Å². The summed E-state index contributed by atoms with van der Waals surface area (Å²) in [6, 6.07) is -0.665. The van der Waals surface area contributed by atoms with Crippen molar-refractivity contribution in [2.24, 2.45) is 0 Å². The third-order valence-corrected chi connectivity index (χ3v) is 1.82. The van der Waals surface area contributed by atoms with Gasteiger partial charge in [0.05, 0.1) is 6.54 Å². The van der Waals surface area contributed by atoms with Crippen LogP contribution in [0.2, 0.25) is 0 Å². The molecule has 7 heteroatoms. The SMILES string of the molecule is O=C1CCN(CC(O)C(=O)O)C(=O)N1. The molecule has 0 aromatic heterocycles. The van der Waals surface area contributed by atoms with Gasteiger partial charge in [0.2, 0.25) is 5.91 Å². The Morgan fingerprint density at radius 1 is 1.57 bits per heavy atom. The number of carbonyl (C=O) groups excluding carboxylic acids is 2. The highest BCUT2D eigenvalue weighted by atomic mass is 16.4. The molecule has 1 unspecified atom stereocenters. The summed E-state index contributed by atoms with van der Waals surface area (Å²) in [4.78, 5) is 33.1.